The number of anilines is 1. The summed E-state index contributed by atoms with van der Waals surface area (Å²) >= 11 is 0. The Morgan fingerprint density at radius 3 is 2.32 bits per heavy atom. The maximum atomic E-state index is 5.34. The Morgan fingerprint density at radius 2 is 1.64 bits per heavy atom. The second-order valence-corrected chi connectivity index (χ2v) is 5.93. The molecule has 128 valence electrons. The van der Waals surface area contributed by atoms with Gasteiger partial charge in [-0.05, 0) is 49.2 Å². The molecule has 0 unspecified atom stereocenters. The van der Waals surface area contributed by atoms with Gasteiger partial charge < -0.3 is 9.64 Å². The molecule has 4 heteroatoms. The zero-order chi connectivity index (χ0) is 17.6. The van der Waals surface area contributed by atoms with Gasteiger partial charge in [-0.2, -0.15) is 0 Å². The minimum atomic E-state index is 0.790. The minimum absolute atomic E-state index is 0.790. The largest absolute Gasteiger partial charge is 0.497 e. The van der Waals surface area contributed by atoms with Crippen molar-refractivity contribution in [2.75, 3.05) is 18.6 Å². The van der Waals surface area contributed by atoms with Crippen molar-refractivity contribution in [2.45, 2.75) is 20.4 Å². The third-order valence-corrected chi connectivity index (χ3v) is 4.20. The molecule has 0 saturated heterocycles. The van der Waals surface area contributed by atoms with Gasteiger partial charge in [0.05, 0.1) is 7.11 Å². The van der Waals surface area contributed by atoms with Gasteiger partial charge in [-0.15, -0.1) is 0 Å². The number of hydrogen-bond donors (Lipinski definition) is 0. The van der Waals surface area contributed by atoms with Crippen LogP contribution in [0.25, 0.3) is 11.1 Å². The van der Waals surface area contributed by atoms with Crippen molar-refractivity contribution in [3.05, 3.63) is 72.3 Å². The smallest absolute Gasteiger partial charge is 0.125 e. The second kappa shape index (κ2) is 7.79. The third kappa shape index (κ3) is 4.15. The van der Waals surface area contributed by atoms with Crippen molar-refractivity contribution in [1.82, 2.24) is 9.97 Å². The second-order valence-electron chi connectivity index (χ2n) is 5.93. The summed E-state index contributed by atoms with van der Waals surface area (Å²) in [7, 11) is 1.69. The lowest BCUT2D eigenvalue weighted by atomic mass is 10.0. The van der Waals surface area contributed by atoms with Gasteiger partial charge in [0.25, 0.3) is 0 Å². The van der Waals surface area contributed by atoms with Crippen LogP contribution < -0.4 is 9.64 Å². The number of aryl methyl sites for hydroxylation is 1. The fourth-order valence-corrected chi connectivity index (χ4v) is 2.79. The van der Waals surface area contributed by atoms with E-state index in [1.165, 1.54) is 11.3 Å². The van der Waals surface area contributed by atoms with Crippen molar-refractivity contribution in [3.8, 4) is 16.9 Å². The fraction of sp³-hybridized carbons (Fsp3) is 0.238. The van der Waals surface area contributed by atoms with Gasteiger partial charge in [0.2, 0.25) is 0 Å². The quantitative estimate of drug-likeness (QED) is 0.666. The molecular weight excluding hydrogens is 310 g/mol. The van der Waals surface area contributed by atoms with E-state index in [4.69, 9.17) is 4.74 Å². The van der Waals surface area contributed by atoms with E-state index >= 15 is 0 Å². The topological polar surface area (TPSA) is 38.2 Å². The number of benzene rings is 2. The Bertz CT molecular complexity index is 831. The predicted molar refractivity (Wildman–Crippen MR) is 102 cm³/mol. The number of aromatic nitrogens is 2. The highest BCUT2D eigenvalue weighted by Crippen LogP contribution is 2.28. The van der Waals surface area contributed by atoms with Crippen LogP contribution in [0.1, 0.15) is 18.3 Å². The molecule has 25 heavy (non-hydrogen) atoms. The molecule has 1 heterocycles. The SMILES string of the molecule is CCN(Cc1cnc(C)nc1)c1cccc(-c2cccc(OC)c2)c1. The maximum absolute atomic E-state index is 5.34. The van der Waals surface area contributed by atoms with Gasteiger partial charge in [0.15, 0.2) is 0 Å². The van der Waals surface area contributed by atoms with Crippen LogP contribution in [0.3, 0.4) is 0 Å². The Labute approximate surface area is 149 Å². The van der Waals surface area contributed by atoms with E-state index in [0.717, 1.165) is 35.8 Å². The van der Waals surface area contributed by atoms with E-state index in [1.807, 2.05) is 31.5 Å². The van der Waals surface area contributed by atoms with Gasteiger partial charge in [-0.25, -0.2) is 9.97 Å². The van der Waals surface area contributed by atoms with Gasteiger partial charge in [-0.1, -0.05) is 24.3 Å². The van der Waals surface area contributed by atoms with Gasteiger partial charge in [0, 0.05) is 36.7 Å². The number of ether oxygens (including phenoxy) is 1. The van der Waals surface area contributed by atoms with Crippen LogP contribution in [0.15, 0.2) is 60.9 Å². The molecule has 3 aromatic rings. The first-order chi connectivity index (χ1) is 12.2. The average molecular weight is 333 g/mol. The molecule has 4 nitrogen and oxygen atoms in total. The molecule has 0 bridgehead atoms. The molecule has 0 aliphatic rings. The molecule has 0 N–H and O–H groups in total. The Kier molecular flexibility index (Phi) is 5.29. The van der Waals surface area contributed by atoms with Crippen LogP contribution in [0.5, 0.6) is 5.75 Å². The van der Waals surface area contributed by atoms with Gasteiger partial charge in [-0.3, -0.25) is 0 Å². The lowest BCUT2D eigenvalue weighted by Gasteiger charge is -2.23. The molecule has 2 aromatic carbocycles. The van der Waals surface area contributed by atoms with Crippen molar-refractivity contribution in [2.24, 2.45) is 0 Å². The maximum Gasteiger partial charge on any atom is 0.125 e. The molecule has 0 atom stereocenters. The third-order valence-electron chi connectivity index (χ3n) is 4.20. The summed E-state index contributed by atoms with van der Waals surface area (Å²) in [6.45, 7) is 5.76. The summed E-state index contributed by atoms with van der Waals surface area (Å²) in [5, 5.41) is 0. The number of hydrogen-bond acceptors (Lipinski definition) is 4. The van der Waals surface area contributed by atoms with E-state index in [1.54, 1.807) is 7.11 Å². The monoisotopic (exact) mass is 333 g/mol. The number of nitrogens with zero attached hydrogens (tertiary/aromatic N) is 3. The van der Waals surface area contributed by atoms with Crippen molar-refractivity contribution >= 4 is 5.69 Å². The Morgan fingerprint density at radius 1 is 0.960 bits per heavy atom. The van der Waals surface area contributed by atoms with Gasteiger partial charge in [0.1, 0.15) is 11.6 Å². The number of methoxy groups -OCH3 is 1. The van der Waals surface area contributed by atoms with Crippen molar-refractivity contribution in [3.63, 3.8) is 0 Å². The van der Waals surface area contributed by atoms with E-state index in [9.17, 15) is 0 Å². The molecule has 0 radical (unpaired) electrons. The van der Waals surface area contributed by atoms with Crippen LogP contribution in [0, 0.1) is 6.92 Å². The highest BCUT2D eigenvalue weighted by molar-refractivity contribution is 5.69. The summed E-state index contributed by atoms with van der Waals surface area (Å²) in [5.74, 6) is 1.67. The highest BCUT2D eigenvalue weighted by atomic mass is 16.5. The molecule has 3 rings (SSSR count). The predicted octanol–water partition coefficient (Wildman–Crippen LogP) is 4.49. The van der Waals surface area contributed by atoms with E-state index in [-0.39, 0.29) is 0 Å². The summed E-state index contributed by atoms with van der Waals surface area (Å²) < 4.78 is 5.34. The average Bonchev–Trinajstić information content (AvgIpc) is 2.67. The van der Waals surface area contributed by atoms with E-state index in [2.05, 4.69) is 58.2 Å². The fourth-order valence-electron chi connectivity index (χ4n) is 2.79. The van der Waals surface area contributed by atoms with Gasteiger partial charge >= 0.3 is 0 Å². The van der Waals surface area contributed by atoms with E-state index in [0.29, 0.717) is 0 Å². The lowest BCUT2D eigenvalue weighted by Crippen LogP contribution is -2.22. The molecule has 0 aliphatic heterocycles. The molecular formula is C21H23N3O. The highest BCUT2D eigenvalue weighted by Gasteiger charge is 2.08. The molecule has 0 amide bonds. The summed E-state index contributed by atoms with van der Waals surface area (Å²) in [6, 6.07) is 16.7. The summed E-state index contributed by atoms with van der Waals surface area (Å²) in [5.41, 5.74) is 4.62. The Balaban J connectivity index is 1.86. The standard InChI is InChI=1S/C21H23N3O/c1-4-24(15-17-13-22-16(2)23-14-17)20-9-5-7-18(11-20)19-8-6-10-21(12-19)25-3/h5-14H,4,15H2,1-3H3. The van der Waals surface area contributed by atoms with Crippen molar-refractivity contribution in [1.29, 1.82) is 0 Å². The lowest BCUT2D eigenvalue weighted by molar-refractivity contribution is 0.415. The normalized spacial score (nSPS) is 10.5. The summed E-state index contributed by atoms with van der Waals surface area (Å²) in [6.07, 6.45) is 3.80. The van der Waals surface area contributed by atoms with Crippen molar-refractivity contribution < 1.29 is 4.74 Å². The molecule has 0 aliphatic carbocycles. The first kappa shape index (κ1) is 17.0. The molecule has 0 fully saturated rings. The molecule has 0 spiro atoms. The first-order valence-electron chi connectivity index (χ1n) is 8.46. The van der Waals surface area contributed by atoms with Crippen LogP contribution in [0.4, 0.5) is 5.69 Å². The summed E-state index contributed by atoms with van der Waals surface area (Å²) in [4.78, 5) is 10.9. The molecule has 1 aromatic heterocycles. The van der Waals surface area contributed by atoms with E-state index < -0.39 is 0 Å². The van der Waals surface area contributed by atoms with Crippen LogP contribution in [0.2, 0.25) is 0 Å². The van der Waals surface area contributed by atoms with Crippen LogP contribution in [-0.4, -0.2) is 23.6 Å². The number of rotatable bonds is 6. The van der Waals surface area contributed by atoms with Crippen LogP contribution >= 0.6 is 0 Å². The first-order valence-corrected chi connectivity index (χ1v) is 8.46. The van der Waals surface area contributed by atoms with Crippen LogP contribution in [-0.2, 0) is 6.54 Å². The Hall–Kier alpha value is -2.88. The molecule has 0 saturated carbocycles. The minimum Gasteiger partial charge on any atom is -0.497 e. The zero-order valence-electron chi connectivity index (χ0n) is 14.9. The zero-order valence-corrected chi connectivity index (χ0v) is 14.9.